The molecule has 19 heavy (non-hydrogen) atoms. The molecule has 106 valence electrons. The van der Waals surface area contributed by atoms with Gasteiger partial charge in [0, 0.05) is 26.2 Å². The molecule has 2 rings (SSSR count). The van der Waals surface area contributed by atoms with E-state index in [1.165, 1.54) is 0 Å². The Labute approximate surface area is 116 Å². The number of morpholine rings is 1. The molecule has 1 aromatic rings. The van der Waals surface area contributed by atoms with Crippen LogP contribution in [-0.2, 0) is 22.6 Å². The van der Waals surface area contributed by atoms with Crippen LogP contribution in [0.3, 0.4) is 0 Å². The molecule has 1 atom stereocenters. The fraction of sp³-hybridized carbons (Fsp3) is 0.667. The molecule has 0 radical (unpaired) electrons. The first-order chi connectivity index (χ1) is 9.02. The summed E-state index contributed by atoms with van der Waals surface area (Å²) >= 11 is 6.25. The SMILES string of the molecule is CCn1nc(C)c(Cl)c1CN1CCOC(C(=O)O)C1. The number of rotatable bonds is 4. The maximum atomic E-state index is 11.0. The van der Waals surface area contributed by atoms with Crippen molar-refractivity contribution in [3.05, 3.63) is 16.4 Å². The van der Waals surface area contributed by atoms with Crippen molar-refractivity contribution >= 4 is 17.6 Å². The first-order valence-electron chi connectivity index (χ1n) is 6.31. The van der Waals surface area contributed by atoms with Gasteiger partial charge in [-0.25, -0.2) is 4.79 Å². The van der Waals surface area contributed by atoms with Gasteiger partial charge in [0.2, 0.25) is 0 Å². The predicted molar refractivity (Wildman–Crippen MR) is 70.3 cm³/mol. The Bertz CT molecular complexity index is 475. The van der Waals surface area contributed by atoms with Crippen molar-refractivity contribution in [2.24, 2.45) is 0 Å². The average Bonchev–Trinajstić information content (AvgIpc) is 2.67. The highest BCUT2D eigenvalue weighted by molar-refractivity contribution is 6.31. The number of carboxylic acid groups (broad SMARTS) is 1. The molecule has 0 amide bonds. The summed E-state index contributed by atoms with van der Waals surface area (Å²) in [6.45, 7) is 6.72. The van der Waals surface area contributed by atoms with E-state index in [9.17, 15) is 4.79 Å². The summed E-state index contributed by atoms with van der Waals surface area (Å²) < 4.78 is 7.07. The second kappa shape index (κ2) is 5.90. The standard InChI is InChI=1S/C12H18ClN3O3/c1-3-16-9(11(13)8(2)14-16)6-15-4-5-19-10(7-15)12(17)18/h10H,3-7H2,1-2H3,(H,17,18). The normalized spacial score (nSPS) is 20.7. The predicted octanol–water partition coefficient (Wildman–Crippen LogP) is 1.15. The number of carboxylic acids is 1. The van der Waals surface area contributed by atoms with E-state index in [1.54, 1.807) is 0 Å². The van der Waals surface area contributed by atoms with Crippen LogP contribution in [0.5, 0.6) is 0 Å². The van der Waals surface area contributed by atoms with Gasteiger partial charge in [-0.1, -0.05) is 11.6 Å². The summed E-state index contributed by atoms with van der Waals surface area (Å²) in [6.07, 6.45) is -0.758. The summed E-state index contributed by atoms with van der Waals surface area (Å²) in [6, 6.07) is 0. The number of hydrogen-bond acceptors (Lipinski definition) is 4. The van der Waals surface area contributed by atoms with Crippen LogP contribution >= 0.6 is 11.6 Å². The van der Waals surface area contributed by atoms with E-state index in [1.807, 2.05) is 23.4 Å². The fourth-order valence-electron chi connectivity index (χ4n) is 2.23. The van der Waals surface area contributed by atoms with Gasteiger partial charge >= 0.3 is 5.97 Å². The van der Waals surface area contributed by atoms with E-state index in [2.05, 4.69) is 5.10 Å². The lowest BCUT2D eigenvalue weighted by Crippen LogP contribution is -2.45. The van der Waals surface area contributed by atoms with Crippen LogP contribution in [0.2, 0.25) is 5.02 Å². The van der Waals surface area contributed by atoms with E-state index >= 15 is 0 Å². The molecule has 1 fully saturated rings. The zero-order chi connectivity index (χ0) is 14.0. The highest BCUT2D eigenvalue weighted by Gasteiger charge is 2.27. The van der Waals surface area contributed by atoms with Gasteiger partial charge in [-0.3, -0.25) is 9.58 Å². The van der Waals surface area contributed by atoms with Gasteiger partial charge in [0.25, 0.3) is 0 Å². The Morgan fingerprint density at radius 1 is 1.63 bits per heavy atom. The minimum atomic E-state index is -0.920. The van der Waals surface area contributed by atoms with Crippen molar-refractivity contribution < 1.29 is 14.6 Å². The molecule has 7 heteroatoms. The molecular weight excluding hydrogens is 270 g/mol. The molecule has 1 N–H and O–H groups in total. The minimum absolute atomic E-state index is 0.375. The van der Waals surface area contributed by atoms with Gasteiger partial charge in [0.1, 0.15) is 0 Å². The monoisotopic (exact) mass is 287 g/mol. The number of hydrogen-bond donors (Lipinski definition) is 1. The van der Waals surface area contributed by atoms with Crippen LogP contribution < -0.4 is 0 Å². The van der Waals surface area contributed by atoms with E-state index in [-0.39, 0.29) is 0 Å². The van der Waals surface area contributed by atoms with Gasteiger partial charge < -0.3 is 9.84 Å². The number of aromatic nitrogens is 2. The first-order valence-corrected chi connectivity index (χ1v) is 6.69. The molecule has 0 saturated carbocycles. The lowest BCUT2D eigenvalue weighted by atomic mass is 10.2. The second-order valence-corrected chi connectivity index (χ2v) is 4.97. The molecule has 2 heterocycles. The van der Waals surface area contributed by atoms with Crippen LogP contribution in [0, 0.1) is 6.92 Å². The largest absolute Gasteiger partial charge is 0.479 e. The van der Waals surface area contributed by atoms with Crippen LogP contribution in [0.25, 0.3) is 0 Å². The zero-order valence-electron chi connectivity index (χ0n) is 11.1. The van der Waals surface area contributed by atoms with Crippen molar-refractivity contribution in [3.63, 3.8) is 0 Å². The maximum absolute atomic E-state index is 11.0. The molecule has 0 aliphatic carbocycles. The van der Waals surface area contributed by atoms with Gasteiger partial charge in [0.15, 0.2) is 6.10 Å². The summed E-state index contributed by atoms with van der Waals surface area (Å²) in [7, 11) is 0. The third kappa shape index (κ3) is 3.08. The first kappa shape index (κ1) is 14.3. The van der Waals surface area contributed by atoms with E-state index in [0.29, 0.717) is 31.3 Å². The summed E-state index contributed by atoms with van der Waals surface area (Å²) in [5.74, 6) is -0.920. The molecule has 1 saturated heterocycles. The van der Waals surface area contributed by atoms with E-state index < -0.39 is 12.1 Å². The van der Waals surface area contributed by atoms with Crippen LogP contribution in [0.4, 0.5) is 0 Å². The van der Waals surface area contributed by atoms with E-state index in [4.69, 9.17) is 21.4 Å². The molecule has 0 aromatic carbocycles. The van der Waals surface area contributed by atoms with Crippen molar-refractivity contribution in [1.82, 2.24) is 14.7 Å². The van der Waals surface area contributed by atoms with E-state index in [0.717, 1.165) is 17.9 Å². The molecule has 0 spiro atoms. The Kier molecular flexibility index (Phi) is 4.44. The summed E-state index contributed by atoms with van der Waals surface area (Å²) in [5.41, 5.74) is 1.74. The Balaban J connectivity index is 2.10. The topological polar surface area (TPSA) is 67.6 Å². The maximum Gasteiger partial charge on any atom is 0.334 e. The Morgan fingerprint density at radius 2 is 2.37 bits per heavy atom. The van der Waals surface area contributed by atoms with Crippen molar-refractivity contribution in [3.8, 4) is 0 Å². The minimum Gasteiger partial charge on any atom is -0.479 e. The molecule has 6 nitrogen and oxygen atoms in total. The number of carbonyl (C=O) groups is 1. The van der Waals surface area contributed by atoms with Crippen LogP contribution in [0.15, 0.2) is 0 Å². The Morgan fingerprint density at radius 3 is 3.00 bits per heavy atom. The molecule has 1 aromatic heterocycles. The fourth-order valence-corrected chi connectivity index (χ4v) is 2.42. The Hall–Kier alpha value is -1.11. The highest BCUT2D eigenvalue weighted by atomic mass is 35.5. The number of aryl methyl sites for hydroxylation is 2. The van der Waals surface area contributed by atoms with Gasteiger partial charge in [-0.05, 0) is 13.8 Å². The summed E-state index contributed by atoms with van der Waals surface area (Å²) in [4.78, 5) is 13.0. The summed E-state index contributed by atoms with van der Waals surface area (Å²) in [5, 5.41) is 14.0. The molecular formula is C12H18ClN3O3. The molecule has 1 unspecified atom stereocenters. The van der Waals surface area contributed by atoms with Crippen molar-refractivity contribution in [1.29, 1.82) is 0 Å². The molecule has 1 aliphatic rings. The zero-order valence-corrected chi connectivity index (χ0v) is 11.9. The van der Waals surface area contributed by atoms with Crippen LogP contribution in [-0.4, -0.2) is 51.6 Å². The van der Waals surface area contributed by atoms with Crippen molar-refractivity contribution in [2.45, 2.75) is 33.0 Å². The van der Waals surface area contributed by atoms with Gasteiger partial charge in [-0.15, -0.1) is 0 Å². The number of halogens is 1. The number of ether oxygens (including phenoxy) is 1. The lowest BCUT2D eigenvalue weighted by molar-refractivity contribution is -0.156. The number of nitrogens with zero attached hydrogens (tertiary/aromatic N) is 3. The molecule has 1 aliphatic heterocycles. The second-order valence-electron chi connectivity index (χ2n) is 4.59. The average molecular weight is 288 g/mol. The van der Waals surface area contributed by atoms with Gasteiger partial charge in [-0.2, -0.15) is 5.10 Å². The third-order valence-electron chi connectivity index (χ3n) is 3.25. The lowest BCUT2D eigenvalue weighted by Gasteiger charge is -2.30. The van der Waals surface area contributed by atoms with Gasteiger partial charge in [0.05, 0.1) is 23.0 Å². The smallest absolute Gasteiger partial charge is 0.334 e. The van der Waals surface area contributed by atoms with Crippen LogP contribution in [0.1, 0.15) is 18.3 Å². The quantitative estimate of drug-likeness (QED) is 0.900. The number of aliphatic carboxylic acids is 1. The highest BCUT2D eigenvalue weighted by Crippen LogP contribution is 2.22. The molecule has 0 bridgehead atoms. The third-order valence-corrected chi connectivity index (χ3v) is 3.74. The van der Waals surface area contributed by atoms with Crippen molar-refractivity contribution in [2.75, 3.05) is 19.7 Å².